The number of ether oxygens (including phenoxy) is 1. The smallest absolute Gasteiger partial charge is 0.192 e. The van der Waals surface area contributed by atoms with E-state index >= 15 is 0 Å². The van der Waals surface area contributed by atoms with Crippen molar-refractivity contribution in [2.45, 2.75) is 57.5 Å². The van der Waals surface area contributed by atoms with Crippen LogP contribution in [0.3, 0.4) is 0 Å². The number of rotatable bonds is 5. The van der Waals surface area contributed by atoms with Crippen LogP contribution < -0.4 is 0 Å². The van der Waals surface area contributed by atoms with Gasteiger partial charge in [0, 0.05) is 6.42 Å². The van der Waals surface area contributed by atoms with Gasteiger partial charge in [-0.3, -0.25) is 0 Å². The molecule has 3 heteroatoms. The fourth-order valence-electron chi connectivity index (χ4n) is 1.90. The van der Waals surface area contributed by atoms with Gasteiger partial charge in [-0.05, 0) is 23.7 Å². The molecule has 0 amide bonds. The van der Waals surface area contributed by atoms with E-state index in [1.807, 2.05) is 0 Å². The summed E-state index contributed by atoms with van der Waals surface area (Å²) in [6.45, 7) is 12.4. The van der Waals surface area contributed by atoms with Crippen molar-refractivity contribution in [2.24, 2.45) is 0 Å². The van der Waals surface area contributed by atoms with E-state index in [9.17, 15) is 0 Å². The molecule has 1 heterocycles. The third-order valence-electron chi connectivity index (χ3n) is 4.29. The standard InChI is InChI=1S/C16H26O2Si/c1-16(2,3)19(4,5)18-15(11-14-12-17-14)13-9-7-6-8-10-13/h6-10,14-15H,11-12H2,1-5H3. The Morgan fingerprint density at radius 3 is 2.32 bits per heavy atom. The molecule has 0 spiro atoms. The molecule has 0 aliphatic carbocycles. The van der Waals surface area contributed by atoms with Gasteiger partial charge in [0.25, 0.3) is 0 Å². The Bertz CT molecular complexity index is 405. The number of hydrogen-bond acceptors (Lipinski definition) is 2. The molecule has 1 aromatic rings. The van der Waals surface area contributed by atoms with Crippen LogP contribution in [0.1, 0.15) is 38.9 Å². The summed E-state index contributed by atoms with van der Waals surface area (Å²) >= 11 is 0. The second kappa shape index (κ2) is 5.39. The molecule has 2 unspecified atom stereocenters. The highest BCUT2D eigenvalue weighted by atomic mass is 28.4. The molecule has 0 radical (unpaired) electrons. The van der Waals surface area contributed by atoms with Gasteiger partial charge >= 0.3 is 0 Å². The first kappa shape index (κ1) is 14.8. The van der Waals surface area contributed by atoms with E-state index < -0.39 is 8.32 Å². The predicted octanol–water partition coefficient (Wildman–Crippen LogP) is 4.54. The van der Waals surface area contributed by atoms with Crippen LogP contribution in [0, 0.1) is 0 Å². The minimum Gasteiger partial charge on any atom is -0.410 e. The quantitative estimate of drug-likeness (QED) is 0.582. The maximum atomic E-state index is 6.60. The molecule has 1 saturated heterocycles. The van der Waals surface area contributed by atoms with Crippen LogP contribution in [0.4, 0.5) is 0 Å². The summed E-state index contributed by atoms with van der Waals surface area (Å²) in [7, 11) is -1.75. The summed E-state index contributed by atoms with van der Waals surface area (Å²) in [4.78, 5) is 0. The maximum absolute atomic E-state index is 6.60. The topological polar surface area (TPSA) is 21.8 Å². The van der Waals surface area contributed by atoms with Crippen LogP contribution in [-0.4, -0.2) is 21.0 Å². The summed E-state index contributed by atoms with van der Waals surface area (Å²) in [5, 5.41) is 0.241. The molecule has 2 atom stereocenters. The molecule has 0 aromatic heterocycles. The lowest BCUT2D eigenvalue weighted by molar-refractivity contribution is 0.160. The van der Waals surface area contributed by atoms with Gasteiger partial charge < -0.3 is 9.16 Å². The van der Waals surface area contributed by atoms with Gasteiger partial charge in [-0.2, -0.15) is 0 Å². The third-order valence-corrected chi connectivity index (χ3v) is 8.78. The van der Waals surface area contributed by atoms with E-state index in [-0.39, 0.29) is 11.1 Å². The largest absolute Gasteiger partial charge is 0.410 e. The molecular formula is C16H26O2Si. The molecule has 106 valence electrons. The fraction of sp³-hybridized carbons (Fsp3) is 0.625. The Morgan fingerprint density at radius 1 is 1.26 bits per heavy atom. The average molecular weight is 278 g/mol. The Morgan fingerprint density at radius 2 is 1.84 bits per heavy atom. The zero-order valence-corrected chi connectivity index (χ0v) is 13.8. The van der Waals surface area contributed by atoms with Crippen molar-refractivity contribution in [3.8, 4) is 0 Å². The SMILES string of the molecule is CC(C)(C)[Si](C)(C)OC(CC1CO1)c1ccccc1. The predicted molar refractivity (Wildman–Crippen MR) is 81.8 cm³/mol. The first-order chi connectivity index (χ1) is 8.79. The van der Waals surface area contributed by atoms with Gasteiger partial charge in [0.2, 0.25) is 0 Å². The Balaban J connectivity index is 2.14. The van der Waals surface area contributed by atoms with Crippen molar-refractivity contribution in [3.05, 3.63) is 35.9 Å². The van der Waals surface area contributed by atoms with Gasteiger partial charge in [-0.1, -0.05) is 51.1 Å². The van der Waals surface area contributed by atoms with Crippen LogP contribution in [0.2, 0.25) is 18.1 Å². The summed E-state index contributed by atoms with van der Waals surface area (Å²) in [6.07, 6.45) is 1.56. The van der Waals surface area contributed by atoms with E-state index in [1.165, 1.54) is 5.56 Å². The zero-order valence-electron chi connectivity index (χ0n) is 12.8. The van der Waals surface area contributed by atoms with Gasteiger partial charge in [0.1, 0.15) is 0 Å². The van der Waals surface area contributed by atoms with Crippen molar-refractivity contribution in [1.82, 2.24) is 0 Å². The number of epoxide rings is 1. The number of hydrogen-bond donors (Lipinski definition) is 0. The molecule has 1 aliphatic heterocycles. The molecule has 0 saturated carbocycles. The molecule has 1 fully saturated rings. The lowest BCUT2D eigenvalue weighted by atomic mass is 10.1. The molecule has 0 N–H and O–H groups in total. The Labute approximate surface area is 118 Å². The maximum Gasteiger partial charge on any atom is 0.192 e. The molecule has 19 heavy (non-hydrogen) atoms. The van der Waals surface area contributed by atoms with Crippen LogP contribution >= 0.6 is 0 Å². The fourth-order valence-corrected chi connectivity index (χ4v) is 3.19. The summed E-state index contributed by atoms with van der Waals surface area (Å²) in [6, 6.07) is 10.6. The monoisotopic (exact) mass is 278 g/mol. The van der Waals surface area contributed by atoms with Crippen molar-refractivity contribution in [2.75, 3.05) is 6.61 Å². The van der Waals surface area contributed by atoms with Crippen LogP contribution in [0.25, 0.3) is 0 Å². The van der Waals surface area contributed by atoms with Crippen LogP contribution in [0.15, 0.2) is 30.3 Å². The molecule has 2 nitrogen and oxygen atoms in total. The summed E-state index contributed by atoms with van der Waals surface area (Å²) in [5.74, 6) is 0. The Hall–Kier alpha value is -0.643. The minimum atomic E-state index is -1.75. The lowest BCUT2D eigenvalue weighted by Crippen LogP contribution is -2.42. The molecule has 1 aromatic carbocycles. The number of benzene rings is 1. The highest BCUT2D eigenvalue weighted by Crippen LogP contribution is 2.41. The average Bonchev–Trinajstić information content (AvgIpc) is 3.11. The van der Waals surface area contributed by atoms with E-state index in [0.29, 0.717) is 6.10 Å². The normalized spacial score (nSPS) is 21.2. The second-order valence-corrected chi connectivity index (χ2v) is 11.7. The minimum absolute atomic E-state index is 0.176. The highest BCUT2D eigenvalue weighted by molar-refractivity contribution is 6.74. The molecule has 2 rings (SSSR count). The van der Waals surface area contributed by atoms with Crippen molar-refractivity contribution < 1.29 is 9.16 Å². The zero-order chi connectivity index (χ0) is 14.1. The summed E-state index contributed by atoms with van der Waals surface area (Å²) < 4.78 is 12.0. The Kier molecular flexibility index (Phi) is 4.19. The van der Waals surface area contributed by atoms with E-state index in [0.717, 1.165) is 13.0 Å². The van der Waals surface area contributed by atoms with Gasteiger partial charge in [-0.15, -0.1) is 0 Å². The van der Waals surface area contributed by atoms with Crippen molar-refractivity contribution in [3.63, 3.8) is 0 Å². The van der Waals surface area contributed by atoms with Crippen molar-refractivity contribution >= 4 is 8.32 Å². The molecule has 0 bridgehead atoms. The first-order valence-electron chi connectivity index (χ1n) is 7.14. The van der Waals surface area contributed by atoms with Gasteiger partial charge in [0.15, 0.2) is 8.32 Å². The van der Waals surface area contributed by atoms with Crippen molar-refractivity contribution in [1.29, 1.82) is 0 Å². The molecular weight excluding hydrogens is 252 g/mol. The van der Waals surface area contributed by atoms with E-state index in [2.05, 4.69) is 64.2 Å². The van der Waals surface area contributed by atoms with Gasteiger partial charge in [0.05, 0.1) is 18.8 Å². The van der Waals surface area contributed by atoms with Crippen LogP contribution in [-0.2, 0) is 9.16 Å². The summed E-state index contributed by atoms with van der Waals surface area (Å²) in [5.41, 5.74) is 1.28. The second-order valence-electron chi connectivity index (χ2n) is 6.97. The van der Waals surface area contributed by atoms with E-state index in [4.69, 9.17) is 9.16 Å². The van der Waals surface area contributed by atoms with Gasteiger partial charge in [-0.25, -0.2) is 0 Å². The molecule has 1 aliphatic rings. The van der Waals surface area contributed by atoms with E-state index in [1.54, 1.807) is 0 Å². The lowest BCUT2D eigenvalue weighted by Gasteiger charge is -2.39. The highest BCUT2D eigenvalue weighted by Gasteiger charge is 2.40. The first-order valence-corrected chi connectivity index (χ1v) is 10.0. The van der Waals surface area contributed by atoms with Crippen LogP contribution in [0.5, 0.6) is 0 Å². The third kappa shape index (κ3) is 3.91.